The van der Waals surface area contributed by atoms with Crippen LogP contribution < -0.4 is 15.2 Å². The third-order valence-corrected chi connectivity index (χ3v) is 2.84. The summed E-state index contributed by atoms with van der Waals surface area (Å²) in [5.74, 6) is 3.00. The zero-order valence-corrected chi connectivity index (χ0v) is 10.8. The van der Waals surface area contributed by atoms with Crippen molar-refractivity contribution in [2.45, 2.75) is 13.0 Å². The minimum absolute atomic E-state index is 0.372. The first-order chi connectivity index (χ1) is 8.65. The van der Waals surface area contributed by atoms with Gasteiger partial charge in [0.05, 0.1) is 20.3 Å². The molecule has 0 aliphatic rings. The van der Waals surface area contributed by atoms with Crippen molar-refractivity contribution < 1.29 is 13.9 Å². The monoisotopic (exact) mass is 247 g/mol. The van der Waals surface area contributed by atoms with Gasteiger partial charge in [-0.15, -0.1) is 0 Å². The van der Waals surface area contributed by atoms with Gasteiger partial charge in [-0.1, -0.05) is 0 Å². The van der Waals surface area contributed by atoms with E-state index in [0.29, 0.717) is 5.76 Å². The van der Waals surface area contributed by atoms with Gasteiger partial charge in [-0.05, 0) is 37.3 Å². The summed E-state index contributed by atoms with van der Waals surface area (Å²) in [6.45, 7) is 1.89. The van der Waals surface area contributed by atoms with Crippen LogP contribution in [0.4, 0.5) is 0 Å². The number of ether oxygens (including phenoxy) is 2. The highest BCUT2D eigenvalue weighted by Crippen LogP contribution is 2.32. The Morgan fingerprint density at radius 1 is 1.11 bits per heavy atom. The predicted octanol–water partition coefficient (Wildman–Crippen LogP) is 2.65. The van der Waals surface area contributed by atoms with E-state index in [2.05, 4.69) is 0 Å². The van der Waals surface area contributed by atoms with E-state index in [4.69, 9.17) is 19.6 Å². The van der Waals surface area contributed by atoms with Gasteiger partial charge in [0.15, 0.2) is 0 Å². The molecule has 2 aromatic rings. The van der Waals surface area contributed by atoms with Gasteiger partial charge < -0.3 is 19.6 Å². The van der Waals surface area contributed by atoms with E-state index < -0.39 is 0 Å². The Bertz CT molecular complexity index is 534. The molecule has 0 aliphatic heterocycles. The average molecular weight is 247 g/mol. The lowest BCUT2D eigenvalue weighted by Gasteiger charge is -2.15. The van der Waals surface area contributed by atoms with Crippen LogP contribution in [0.25, 0.3) is 0 Å². The second-order valence-corrected chi connectivity index (χ2v) is 4.03. The molecule has 0 radical (unpaired) electrons. The summed E-state index contributed by atoms with van der Waals surface area (Å²) in [5, 5.41) is 0. The number of furan rings is 1. The summed E-state index contributed by atoms with van der Waals surface area (Å²) in [7, 11) is 3.24. The fourth-order valence-electron chi connectivity index (χ4n) is 1.86. The van der Waals surface area contributed by atoms with Gasteiger partial charge in [-0.2, -0.15) is 0 Å². The Labute approximate surface area is 106 Å². The third kappa shape index (κ3) is 2.33. The molecule has 0 spiro atoms. The van der Waals surface area contributed by atoms with Gasteiger partial charge in [0.25, 0.3) is 0 Å². The highest BCUT2D eigenvalue weighted by molar-refractivity contribution is 5.44. The Kier molecular flexibility index (Phi) is 3.58. The zero-order chi connectivity index (χ0) is 13.1. The lowest BCUT2D eigenvalue weighted by molar-refractivity contribution is 0.392. The van der Waals surface area contributed by atoms with Gasteiger partial charge in [0.1, 0.15) is 23.0 Å². The van der Waals surface area contributed by atoms with E-state index >= 15 is 0 Å². The fourth-order valence-corrected chi connectivity index (χ4v) is 1.86. The lowest BCUT2D eigenvalue weighted by Crippen LogP contribution is -2.12. The molecule has 0 bridgehead atoms. The minimum Gasteiger partial charge on any atom is -0.497 e. The van der Waals surface area contributed by atoms with E-state index in [-0.39, 0.29) is 6.04 Å². The molecule has 2 N–H and O–H groups in total. The molecule has 4 nitrogen and oxygen atoms in total. The van der Waals surface area contributed by atoms with Gasteiger partial charge >= 0.3 is 0 Å². The molecule has 1 aromatic heterocycles. The topological polar surface area (TPSA) is 57.6 Å². The Hall–Kier alpha value is -1.94. The van der Waals surface area contributed by atoms with Crippen LogP contribution in [-0.2, 0) is 0 Å². The molecule has 18 heavy (non-hydrogen) atoms. The number of nitrogens with two attached hydrogens (primary N) is 1. The summed E-state index contributed by atoms with van der Waals surface area (Å²) in [6.07, 6.45) is 0. The van der Waals surface area contributed by atoms with E-state index in [9.17, 15) is 0 Å². The summed E-state index contributed by atoms with van der Waals surface area (Å²) in [6, 6.07) is 8.93. The largest absolute Gasteiger partial charge is 0.497 e. The maximum absolute atomic E-state index is 6.20. The Morgan fingerprint density at radius 3 is 2.44 bits per heavy atom. The van der Waals surface area contributed by atoms with Crippen LogP contribution >= 0.6 is 0 Å². The van der Waals surface area contributed by atoms with Crippen LogP contribution in [0.5, 0.6) is 11.5 Å². The lowest BCUT2D eigenvalue weighted by atomic mass is 10.0. The van der Waals surface area contributed by atoms with Gasteiger partial charge in [0, 0.05) is 5.56 Å². The second-order valence-electron chi connectivity index (χ2n) is 4.03. The smallest absolute Gasteiger partial charge is 0.125 e. The first-order valence-electron chi connectivity index (χ1n) is 5.69. The highest BCUT2D eigenvalue weighted by atomic mass is 16.5. The summed E-state index contributed by atoms with van der Waals surface area (Å²) >= 11 is 0. The quantitative estimate of drug-likeness (QED) is 0.902. The van der Waals surface area contributed by atoms with Gasteiger partial charge in [-0.25, -0.2) is 0 Å². The summed E-state index contributed by atoms with van der Waals surface area (Å²) < 4.78 is 16.1. The molecule has 1 unspecified atom stereocenters. The third-order valence-electron chi connectivity index (χ3n) is 2.84. The molecule has 96 valence electrons. The van der Waals surface area contributed by atoms with Crippen molar-refractivity contribution in [1.29, 1.82) is 0 Å². The molecule has 1 atom stereocenters. The van der Waals surface area contributed by atoms with Crippen LogP contribution in [-0.4, -0.2) is 14.2 Å². The fraction of sp³-hybridized carbons (Fsp3) is 0.286. The van der Waals surface area contributed by atoms with Crippen molar-refractivity contribution in [3.63, 3.8) is 0 Å². The number of benzene rings is 1. The molecular weight excluding hydrogens is 230 g/mol. The molecule has 1 heterocycles. The molecule has 0 amide bonds. The summed E-state index contributed by atoms with van der Waals surface area (Å²) in [4.78, 5) is 0. The molecule has 2 rings (SSSR count). The predicted molar refractivity (Wildman–Crippen MR) is 69.0 cm³/mol. The number of aryl methyl sites for hydroxylation is 1. The first kappa shape index (κ1) is 12.5. The first-order valence-corrected chi connectivity index (χ1v) is 5.69. The second kappa shape index (κ2) is 5.14. The van der Waals surface area contributed by atoms with Crippen LogP contribution in [0.3, 0.4) is 0 Å². The van der Waals surface area contributed by atoms with Crippen LogP contribution in [0.2, 0.25) is 0 Å². The van der Waals surface area contributed by atoms with E-state index in [1.807, 2.05) is 37.3 Å². The maximum atomic E-state index is 6.20. The van der Waals surface area contributed by atoms with Crippen LogP contribution in [0, 0.1) is 6.92 Å². The standard InChI is InChI=1S/C14H17NO3/c1-9-4-6-13(18-9)14(15)11-8-10(16-2)5-7-12(11)17-3/h4-8,14H,15H2,1-3H3. The molecular formula is C14H17NO3. The SMILES string of the molecule is COc1ccc(OC)c(C(N)c2ccc(C)o2)c1. The number of rotatable bonds is 4. The van der Waals surface area contributed by atoms with Gasteiger partial charge in [-0.3, -0.25) is 0 Å². The minimum atomic E-state index is -0.372. The van der Waals surface area contributed by atoms with Crippen molar-refractivity contribution in [3.05, 3.63) is 47.4 Å². The molecule has 0 saturated carbocycles. The Balaban J connectivity index is 2.41. The normalized spacial score (nSPS) is 12.2. The van der Waals surface area contributed by atoms with Crippen LogP contribution in [0.1, 0.15) is 23.1 Å². The van der Waals surface area contributed by atoms with Crippen molar-refractivity contribution in [3.8, 4) is 11.5 Å². The van der Waals surface area contributed by atoms with E-state index in [0.717, 1.165) is 22.8 Å². The average Bonchev–Trinajstić information content (AvgIpc) is 2.83. The molecule has 0 fully saturated rings. The van der Waals surface area contributed by atoms with Crippen molar-refractivity contribution >= 4 is 0 Å². The molecule has 4 heteroatoms. The van der Waals surface area contributed by atoms with Crippen molar-refractivity contribution in [2.24, 2.45) is 5.73 Å². The Morgan fingerprint density at radius 2 is 1.89 bits per heavy atom. The van der Waals surface area contributed by atoms with Crippen molar-refractivity contribution in [1.82, 2.24) is 0 Å². The number of hydrogen-bond acceptors (Lipinski definition) is 4. The van der Waals surface area contributed by atoms with Gasteiger partial charge in [0.2, 0.25) is 0 Å². The zero-order valence-electron chi connectivity index (χ0n) is 10.8. The molecule has 0 aliphatic carbocycles. The van der Waals surface area contributed by atoms with Crippen LogP contribution in [0.15, 0.2) is 34.7 Å². The van der Waals surface area contributed by atoms with E-state index in [1.165, 1.54) is 0 Å². The highest BCUT2D eigenvalue weighted by Gasteiger charge is 2.18. The maximum Gasteiger partial charge on any atom is 0.125 e. The molecule has 0 saturated heterocycles. The number of methoxy groups -OCH3 is 2. The van der Waals surface area contributed by atoms with E-state index in [1.54, 1.807) is 14.2 Å². The molecule has 1 aromatic carbocycles. The van der Waals surface area contributed by atoms with Crippen molar-refractivity contribution in [2.75, 3.05) is 14.2 Å². The summed E-state index contributed by atoms with van der Waals surface area (Å²) in [5.41, 5.74) is 7.04. The number of hydrogen-bond donors (Lipinski definition) is 1.